The van der Waals surface area contributed by atoms with Crippen molar-refractivity contribution in [2.75, 3.05) is 7.11 Å². The third kappa shape index (κ3) is 10.2. The van der Waals surface area contributed by atoms with E-state index >= 15 is 0 Å². The summed E-state index contributed by atoms with van der Waals surface area (Å²) in [7, 11) is 1.38. The van der Waals surface area contributed by atoms with Crippen molar-refractivity contribution in [1.29, 1.82) is 0 Å². The molecule has 2 aromatic heterocycles. The number of esters is 1. The molecule has 6 aliphatic carbocycles. The first-order valence-electron chi connectivity index (χ1n) is 22.8. The first-order valence-corrected chi connectivity index (χ1v) is 22.8. The minimum absolute atomic E-state index is 0. The van der Waals surface area contributed by atoms with E-state index in [1.807, 2.05) is 50.2 Å². The third-order valence-electron chi connectivity index (χ3n) is 14.4. The Morgan fingerprint density at radius 1 is 0.620 bits per heavy atom. The van der Waals surface area contributed by atoms with Gasteiger partial charge >= 0.3 is 53.8 Å². The summed E-state index contributed by atoms with van der Waals surface area (Å²) in [6.45, 7) is 4.99. The number of methoxy groups -OCH3 is 1. The number of benzene rings is 4. The van der Waals surface area contributed by atoms with Crippen LogP contribution in [0.3, 0.4) is 0 Å². The molecule has 0 spiro atoms. The zero-order valence-corrected chi connectivity index (χ0v) is 41.6. The summed E-state index contributed by atoms with van der Waals surface area (Å²) >= 11 is 0. The van der Waals surface area contributed by atoms with Crippen LogP contribution in [0.25, 0.3) is 21.8 Å². The van der Waals surface area contributed by atoms with E-state index in [1.54, 1.807) is 9.36 Å². The number of hydrogen-bond acceptors (Lipinski definition) is 8. The Bertz CT molecular complexity index is 2980. The molecule has 4 N–H and O–H groups in total. The zero-order chi connectivity index (χ0) is 49.3. The van der Waals surface area contributed by atoms with Crippen LogP contribution in [0.2, 0.25) is 0 Å². The minimum atomic E-state index is -4.39. The molecule has 0 aliphatic heterocycles. The van der Waals surface area contributed by atoms with Crippen LogP contribution in [0.1, 0.15) is 120 Å². The average Bonchev–Trinajstić information content (AvgIpc) is 3.84. The van der Waals surface area contributed by atoms with Crippen LogP contribution in [0.5, 0.6) is 0 Å². The van der Waals surface area contributed by atoms with Crippen molar-refractivity contribution in [3.05, 3.63) is 130 Å². The predicted molar refractivity (Wildman–Crippen MR) is 243 cm³/mol. The van der Waals surface area contributed by atoms with Gasteiger partial charge in [0.15, 0.2) is 11.4 Å². The van der Waals surface area contributed by atoms with Gasteiger partial charge in [0, 0.05) is 34.9 Å². The fourth-order valence-corrected chi connectivity index (χ4v) is 11.7. The number of fused-ring (bicyclic) bond motifs is 2. The summed E-state index contributed by atoms with van der Waals surface area (Å²) in [6.07, 6.45) is -3.37. The normalized spacial score (nSPS) is 22.4. The number of rotatable bonds is 14. The number of ether oxygens (including phenoxy) is 1. The summed E-state index contributed by atoms with van der Waals surface area (Å²) < 4.78 is 85.8. The maximum Gasteiger partial charge on any atom is 1.00 e. The Hall–Kier alpha value is -5.76. The number of hydrogen-bond donors (Lipinski definition) is 3. The maximum atomic E-state index is 13.4. The molecule has 6 aliphatic rings. The van der Waals surface area contributed by atoms with E-state index in [4.69, 9.17) is 9.84 Å². The van der Waals surface area contributed by atoms with Crippen LogP contribution in [0.4, 0.5) is 26.3 Å². The number of halogens is 6. The largest absolute Gasteiger partial charge is 1.00 e. The summed E-state index contributed by atoms with van der Waals surface area (Å²) in [5, 5.41) is 25.8. The molecule has 4 aromatic carbocycles. The molecule has 6 saturated carbocycles. The van der Waals surface area contributed by atoms with Crippen molar-refractivity contribution in [2.45, 2.75) is 115 Å². The molecule has 0 radical (unpaired) electrons. The molecule has 2 heterocycles. The van der Waals surface area contributed by atoms with Gasteiger partial charge in [-0.25, -0.2) is 0 Å². The molecule has 0 unspecified atom stereocenters. The maximum absolute atomic E-state index is 13.4. The van der Waals surface area contributed by atoms with Crippen LogP contribution in [0.15, 0.2) is 84.9 Å². The van der Waals surface area contributed by atoms with Gasteiger partial charge in [-0.2, -0.15) is 36.5 Å². The van der Waals surface area contributed by atoms with Gasteiger partial charge < -0.3 is 26.0 Å². The molecule has 2 amide bonds. The standard InChI is InChI=1S/C26H26F3N3O3.C25H24F3N3O3.Na.H2O/c1-3-32-19-6-4-5-17(11-16-7-9-18(10-8-16)26(27,28)29)21(19)22(31-32)23(34)30-25-13-24(14-25,15-25)12-20(33)35-2;1-2-31-18-5-3-4-16(10-15-6-8-17(9-7-15)25(26,27)28)20(18)21(30-31)22(34)29-24-12-23(13-24,14-24)11-19(32)33;;/h4-10H,3,11-15H2,1-2H3,(H,30,34);3-9H,2,10-14H2,1H3,(H,29,34)(H,32,33);;1H2/q;;+1;/p-1. The van der Waals surface area contributed by atoms with Gasteiger partial charge in [0.25, 0.3) is 11.8 Å². The third-order valence-corrected chi connectivity index (χ3v) is 14.4. The van der Waals surface area contributed by atoms with Crippen molar-refractivity contribution in [3.63, 3.8) is 0 Å². The monoisotopic (exact) mass is 996 g/mol. The minimum Gasteiger partial charge on any atom is -0.870 e. The fourth-order valence-electron chi connectivity index (χ4n) is 11.7. The number of nitrogens with one attached hydrogen (secondary N) is 2. The second kappa shape index (κ2) is 19.3. The van der Waals surface area contributed by atoms with Crippen molar-refractivity contribution in [2.24, 2.45) is 10.8 Å². The number of carboxylic acid groups (broad SMARTS) is 1. The molecule has 13 nitrogen and oxygen atoms in total. The quantitative estimate of drug-likeness (QED) is 0.0622. The molecule has 71 heavy (non-hydrogen) atoms. The van der Waals surface area contributed by atoms with Gasteiger partial charge in [-0.05, 0) is 135 Å². The van der Waals surface area contributed by atoms with E-state index < -0.39 is 29.4 Å². The number of aliphatic carboxylic acids is 1. The second-order valence-corrected chi connectivity index (χ2v) is 19.5. The van der Waals surface area contributed by atoms with Crippen LogP contribution >= 0.6 is 0 Å². The summed E-state index contributed by atoms with van der Waals surface area (Å²) in [5.74, 6) is -1.63. The Kier molecular flexibility index (Phi) is 14.5. The molecule has 4 bridgehead atoms. The van der Waals surface area contributed by atoms with Gasteiger partial charge in [0.2, 0.25) is 0 Å². The van der Waals surface area contributed by atoms with Gasteiger partial charge in [0.05, 0.1) is 42.1 Å². The average molecular weight is 997 g/mol. The van der Waals surface area contributed by atoms with Crippen LogP contribution in [-0.2, 0) is 52.6 Å². The molecule has 12 rings (SSSR count). The predicted octanol–water partition coefficient (Wildman–Crippen LogP) is 6.50. The Morgan fingerprint density at radius 3 is 1.31 bits per heavy atom. The molecule has 6 aromatic rings. The van der Waals surface area contributed by atoms with Crippen molar-refractivity contribution < 1.29 is 90.4 Å². The number of carbonyl (C=O) groups is 4. The second-order valence-electron chi connectivity index (χ2n) is 19.5. The molecule has 20 heteroatoms. The van der Waals surface area contributed by atoms with Gasteiger partial charge in [0.1, 0.15) is 0 Å². The summed E-state index contributed by atoms with van der Waals surface area (Å²) in [5.41, 5.74) is 2.91. The smallest absolute Gasteiger partial charge is 0.870 e. The number of aromatic nitrogens is 4. The first kappa shape index (κ1) is 53.0. The first-order chi connectivity index (χ1) is 32.6. The van der Waals surface area contributed by atoms with Gasteiger partial charge in [-0.3, -0.25) is 28.5 Å². The number of alkyl halides is 6. The van der Waals surface area contributed by atoms with Gasteiger partial charge in [-0.1, -0.05) is 48.5 Å². The molecular formula is C51H51F6N6NaO7. The molecule has 370 valence electrons. The number of aryl methyl sites for hydroxylation is 2. The van der Waals surface area contributed by atoms with Crippen LogP contribution in [0, 0.1) is 10.8 Å². The van der Waals surface area contributed by atoms with Crippen LogP contribution in [-0.4, -0.2) is 72.1 Å². The van der Waals surface area contributed by atoms with E-state index in [2.05, 4.69) is 20.8 Å². The van der Waals surface area contributed by atoms with Crippen molar-refractivity contribution in [3.8, 4) is 0 Å². The topological polar surface area (TPSA) is 187 Å². The van der Waals surface area contributed by atoms with E-state index in [0.717, 1.165) is 65.7 Å². The Morgan fingerprint density at radius 2 is 0.986 bits per heavy atom. The molecule has 0 saturated heterocycles. The van der Waals surface area contributed by atoms with Crippen LogP contribution < -0.4 is 40.2 Å². The zero-order valence-electron chi connectivity index (χ0n) is 39.6. The van der Waals surface area contributed by atoms with E-state index in [9.17, 15) is 45.5 Å². The molecular weight excluding hydrogens is 946 g/mol. The number of carbonyl (C=O) groups excluding carboxylic acids is 3. The molecule has 0 atom stereocenters. The SMILES string of the molecule is CCn1nc(C(=O)NC23CC(CC(=O)O)(C2)C3)c2c(Cc3ccc(C(F)(F)F)cc3)cccc21.CCn1nc(C(=O)NC23CC(CC(=O)OC)(C2)C3)c2c(Cc3ccc(C(F)(F)F)cc3)cccc21.[Na+].[OH-]. The Balaban J connectivity index is 0.000000203. The van der Waals surface area contributed by atoms with E-state index in [1.165, 1.54) is 31.4 Å². The van der Waals surface area contributed by atoms with Crippen molar-refractivity contribution >= 4 is 45.6 Å². The van der Waals surface area contributed by atoms with E-state index in [0.29, 0.717) is 79.2 Å². The summed E-state index contributed by atoms with van der Waals surface area (Å²) in [6, 6.07) is 21.4. The molecule has 6 fully saturated rings. The summed E-state index contributed by atoms with van der Waals surface area (Å²) in [4.78, 5) is 49.4. The Labute approximate surface area is 426 Å². The van der Waals surface area contributed by atoms with Gasteiger partial charge in [-0.15, -0.1) is 0 Å². The number of carboxylic acids is 1. The number of amides is 2. The fraction of sp³-hybridized carbons (Fsp3) is 0.412. The van der Waals surface area contributed by atoms with Crippen molar-refractivity contribution in [1.82, 2.24) is 30.2 Å². The van der Waals surface area contributed by atoms with E-state index in [-0.39, 0.29) is 86.8 Å². The number of nitrogens with zero attached hydrogens (tertiary/aromatic N) is 4.